The van der Waals surface area contributed by atoms with Crippen molar-refractivity contribution in [2.45, 2.75) is 46.3 Å². The van der Waals surface area contributed by atoms with E-state index >= 15 is 0 Å². The van der Waals surface area contributed by atoms with E-state index in [4.69, 9.17) is 13.9 Å². The van der Waals surface area contributed by atoms with Crippen LogP contribution in [0.4, 0.5) is 4.79 Å². The molecule has 0 aliphatic heterocycles. The molecule has 1 atom stereocenters. The third-order valence-electron chi connectivity index (χ3n) is 4.26. The highest BCUT2D eigenvalue weighted by molar-refractivity contribution is 5.95. The second kappa shape index (κ2) is 7.70. The number of phenolic OH excluding ortho intramolecular Hbond substituents is 1. The van der Waals surface area contributed by atoms with Crippen LogP contribution in [0.15, 0.2) is 39.5 Å². The molecule has 0 aliphatic carbocycles. The number of para-hydroxylation sites is 1. The minimum Gasteiger partial charge on any atom is -0.507 e. The van der Waals surface area contributed by atoms with Crippen LogP contribution in [-0.2, 0) is 9.53 Å². The number of aromatic hydroxyl groups is 1. The number of fused-ring (bicyclic) bond motifs is 2. The standard InChI is InChI=1S/C22H23NO7/c1-11-7-6-8-14-18(25)17-15(24)9-13(10-16(17)29-19(11)14)28-20(26)12(2)23-21(27)30-22(3,4)5/h6-10,12,24H,1-5H3,(H,23,27)/t12-/m1/s1. The van der Waals surface area contributed by atoms with Crippen LogP contribution in [0.3, 0.4) is 0 Å². The van der Waals surface area contributed by atoms with Gasteiger partial charge in [0.2, 0.25) is 5.43 Å². The van der Waals surface area contributed by atoms with Crippen LogP contribution < -0.4 is 15.5 Å². The third kappa shape index (κ3) is 4.37. The molecule has 1 aromatic heterocycles. The van der Waals surface area contributed by atoms with Crippen LogP contribution in [0, 0.1) is 6.92 Å². The van der Waals surface area contributed by atoms with Crippen LogP contribution >= 0.6 is 0 Å². The van der Waals surface area contributed by atoms with Crippen molar-refractivity contribution < 1.29 is 28.6 Å². The maximum atomic E-state index is 12.7. The van der Waals surface area contributed by atoms with E-state index in [1.807, 2.05) is 0 Å². The van der Waals surface area contributed by atoms with Gasteiger partial charge in [-0.25, -0.2) is 9.59 Å². The largest absolute Gasteiger partial charge is 0.507 e. The van der Waals surface area contributed by atoms with Gasteiger partial charge in [0.1, 0.15) is 39.7 Å². The number of hydrogen-bond donors (Lipinski definition) is 2. The Hall–Kier alpha value is -3.55. The van der Waals surface area contributed by atoms with Gasteiger partial charge in [0.05, 0.1) is 5.39 Å². The van der Waals surface area contributed by atoms with Gasteiger partial charge in [-0.05, 0) is 46.2 Å². The van der Waals surface area contributed by atoms with Crippen LogP contribution in [0.5, 0.6) is 11.5 Å². The first-order valence-corrected chi connectivity index (χ1v) is 9.36. The van der Waals surface area contributed by atoms with Gasteiger partial charge in [-0.15, -0.1) is 0 Å². The highest BCUT2D eigenvalue weighted by atomic mass is 16.6. The molecule has 0 saturated heterocycles. The van der Waals surface area contributed by atoms with E-state index < -0.39 is 23.7 Å². The van der Waals surface area contributed by atoms with Crippen molar-refractivity contribution in [3.63, 3.8) is 0 Å². The lowest BCUT2D eigenvalue weighted by molar-refractivity contribution is -0.136. The molecule has 0 fully saturated rings. The topological polar surface area (TPSA) is 115 Å². The highest BCUT2D eigenvalue weighted by Gasteiger charge is 2.23. The normalized spacial score (nSPS) is 12.6. The van der Waals surface area contributed by atoms with Crippen molar-refractivity contribution in [3.8, 4) is 11.5 Å². The van der Waals surface area contributed by atoms with Crippen LogP contribution in [-0.4, -0.2) is 28.8 Å². The lowest BCUT2D eigenvalue weighted by atomic mass is 10.1. The van der Waals surface area contributed by atoms with E-state index in [0.29, 0.717) is 11.0 Å². The molecule has 2 aromatic carbocycles. The highest BCUT2D eigenvalue weighted by Crippen LogP contribution is 2.31. The monoisotopic (exact) mass is 413 g/mol. The summed E-state index contributed by atoms with van der Waals surface area (Å²) in [5.41, 5.74) is 0.125. The number of phenols is 1. The molecule has 8 nitrogen and oxygen atoms in total. The molecular weight excluding hydrogens is 390 g/mol. The average Bonchev–Trinajstić information content (AvgIpc) is 2.60. The van der Waals surface area contributed by atoms with E-state index in [0.717, 1.165) is 11.6 Å². The Morgan fingerprint density at radius 1 is 1.20 bits per heavy atom. The summed E-state index contributed by atoms with van der Waals surface area (Å²) in [6.45, 7) is 8.33. The summed E-state index contributed by atoms with van der Waals surface area (Å²) in [5.74, 6) is -1.18. The Bertz CT molecular complexity index is 1200. The molecule has 8 heteroatoms. The molecule has 158 valence electrons. The fourth-order valence-corrected chi connectivity index (χ4v) is 2.90. The van der Waals surface area contributed by atoms with Crippen molar-refractivity contribution in [1.82, 2.24) is 5.32 Å². The number of nitrogens with one attached hydrogen (secondary N) is 1. The van der Waals surface area contributed by atoms with Crippen molar-refractivity contribution in [1.29, 1.82) is 0 Å². The summed E-state index contributed by atoms with van der Waals surface area (Å²) in [5, 5.41) is 13.1. The number of carbonyl (C=O) groups excluding carboxylic acids is 2. The maximum Gasteiger partial charge on any atom is 0.408 e. The Morgan fingerprint density at radius 2 is 1.90 bits per heavy atom. The summed E-state index contributed by atoms with van der Waals surface area (Å²) in [7, 11) is 0. The second-order valence-electron chi connectivity index (χ2n) is 7.99. The number of carbonyl (C=O) groups is 2. The first-order chi connectivity index (χ1) is 14.0. The minimum absolute atomic E-state index is 0.00664. The Morgan fingerprint density at radius 3 is 2.57 bits per heavy atom. The smallest absolute Gasteiger partial charge is 0.408 e. The molecule has 0 spiro atoms. The number of benzene rings is 2. The van der Waals surface area contributed by atoms with Crippen LogP contribution in [0.1, 0.15) is 33.3 Å². The Labute approximate surface area is 172 Å². The van der Waals surface area contributed by atoms with Crippen LogP contribution in [0.2, 0.25) is 0 Å². The zero-order chi connectivity index (χ0) is 22.2. The van der Waals surface area contributed by atoms with Gasteiger partial charge >= 0.3 is 12.1 Å². The van der Waals surface area contributed by atoms with E-state index in [9.17, 15) is 19.5 Å². The summed E-state index contributed by atoms with van der Waals surface area (Å²) < 4.78 is 16.1. The summed E-state index contributed by atoms with van der Waals surface area (Å²) in [4.78, 5) is 36.9. The molecule has 0 radical (unpaired) electrons. The van der Waals surface area contributed by atoms with Gasteiger partial charge in [-0.3, -0.25) is 4.79 Å². The SMILES string of the molecule is Cc1cccc2c(=O)c3c(O)cc(OC(=O)[C@@H](C)NC(=O)OC(C)(C)C)cc3oc12. The van der Waals surface area contributed by atoms with Crippen LogP contribution in [0.25, 0.3) is 21.9 Å². The number of hydrogen-bond acceptors (Lipinski definition) is 7. The minimum atomic E-state index is -1.01. The Balaban J connectivity index is 1.89. The van der Waals surface area contributed by atoms with Gasteiger partial charge < -0.3 is 24.3 Å². The second-order valence-corrected chi connectivity index (χ2v) is 7.99. The number of amides is 1. The molecule has 3 rings (SSSR count). The zero-order valence-electron chi connectivity index (χ0n) is 17.4. The van der Waals surface area contributed by atoms with E-state index in [1.165, 1.54) is 13.0 Å². The van der Waals surface area contributed by atoms with Gasteiger partial charge in [-0.2, -0.15) is 0 Å². The number of rotatable bonds is 3. The molecule has 2 N–H and O–H groups in total. The lowest BCUT2D eigenvalue weighted by Crippen LogP contribution is -2.43. The van der Waals surface area contributed by atoms with Crippen molar-refractivity contribution in [2.75, 3.05) is 0 Å². The Kier molecular flexibility index (Phi) is 5.43. The molecule has 1 heterocycles. The lowest BCUT2D eigenvalue weighted by Gasteiger charge is -2.21. The maximum absolute atomic E-state index is 12.7. The average molecular weight is 413 g/mol. The van der Waals surface area contributed by atoms with Gasteiger partial charge in [-0.1, -0.05) is 12.1 Å². The first kappa shape index (κ1) is 21.2. The van der Waals surface area contributed by atoms with Crippen molar-refractivity contribution in [2.24, 2.45) is 0 Å². The fourth-order valence-electron chi connectivity index (χ4n) is 2.90. The number of ether oxygens (including phenoxy) is 2. The number of alkyl carbamates (subject to hydrolysis) is 1. The third-order valence-corrected chi connectivity index (χ3v) is 4.26. The number of aryl methyl sites for hydroxylation is 1. The summed E-state index contributed by atoms with van der Waals surface area (Å²) >= 11 is 0. The van der Waals surface area contributed by atoms with E-state index in [2.05, 4.69) is 5.32 Å². The van der Waals surface area contributed by atoms with E-state index in [-0.39, 0.29) is 27.9 Å². The van der Waals surface area contributed by atoms with Gasteiger partial charge in [0.15, 0.2) is 0 Å². The van der Waals surface area contributed by atoms with E-state index in [1.54, 1.807) is 45.9 Å². The van der Waals surface area contributed by atoms with Gasteiger partial charge in [0, 0.05) is 12.1 Å². The zero-order valence-corrected chi connectivity index (χ0v) is 17.4. The number of esters is 1. The predicted molar refractivity (Wildman–Crippen MR) is 111 cm³/mol. The molecule has 0 bridgehead atoms. The predicted octanol–water partition coefficient (Wildman–Crippen LogP) is 3.78. The van der Waals surface area contributed by atoms with Gasteiger partial charge in [0.25, 0.3) is 0 Å². The van der Waals surface area contributed by atoms with Crippen molar-refractivity contribution in [3.05, 3.63) is 46.1 Å². The molecule has 0 saturated carbocycles. The summed E-state index contributed by atoms with van der Waals surface area (Å²) in [6, 6.07) is 6.63. The quantitative estimate of drug-likeness (QED) is 0.381. The molecule has 3 aromatic rings. The molecule has 30 heavy (non-hydrogen) atoms. The fraction of sp³-hybridized carbons (Fsp3) is 0.318. The van der Waals surface area contributed by atoms with Crippen molar-refractivity contribution >= 4 is 34.0 Å². The summed E-state index contributed by atoms with van der Waals surface area (Å²) in [6.07, 6.45) is -0.763. The molecule has 1 amide bonds. The molecule has 0 unspecified atom stereocenters. The molecule has 0 aliphatic rings. The molecular formula is C22H23NO7. The first-order valence-electron chi connectivity index (χ1n) is 9.36.